The Morgan fingerprint density at radius 2 is 2.25 bits per heavy atom. The van der Waals surface area contributed by atoms with Crippen LogP contribution in [0.1, 0.15) is 16.6 Å². The minimum absolute atomic E-state index is 0.0524. The molecule has 16 heavy (non-hydrogen) atoms. The van der Waals surface area contributed by atoms with Crippen LogP contribution in [0, 0.1) is 5.82 Å². The summed E-state index contributed by atoms with van der Waals surface area (Å²) in [6.07, 6.45) is 0. The topological polar surface area (TPSA) is 26.3 Å². The number of ketones is 1. The van der Waals surface area contributed by atoms with Crippen molar-refractivity contribution in [2.24, 2.45) is 0 Å². The molecule has 84 valence electrons. The first kappa shape index (κ1) is 11.2. The second-order valence-corrected chi connectivity index (χ2v) is 4.44. The van der Waals surface area contributed by atoms with Crippen molar-refractivity contribution in [3.63, 3.8) is 0 Å². The van der Waals surface area contributed by atoms with Crippen LogP contribution in [0.25, 0.3) is 10.1 Å². The molecule has 0 aliphatic heterocycles. The summed E-state index contributed by atoms with van der Waals surface area (Å²) in [4.78, 5) is 12.3. The Hall–Kier alpha value is -1.26. The van der Waals surface area contributed by atoms with Crippen molar-refractivity contribution >= 4 is 27.2 Å². The van der Waals surface area contributed by atoms with E-state index in [-0.39, 0.29) is 18.2 Å². The maximum atomic E-state index is 12.9. The molecule has 2 rings (SSSR count). The van der Waals surface area contributed by atoms with Gasteiger partial charge in [0.05, 0.1) is 4.88 Å². The van der Waals surface area contributed by atoms with E-state index in [4.69, 9.17) is 4.74 Å². The minimum atomic E-state index is -0.279. The van der Waals surface area contributed by atoms with Crippen molar-refractivity contribution < 1.29 is 13.9 Å². The zero-order valence-electron chi connectivity index (χ0n) is 8.83. The highest BCUT2D eigenvalue weighted by Gasteiger charge is 2.10. The molecule has 0 radical (unpaired) electrons. The number of halogens is 1. The first-order valence-electron chi connectivity index (χ1n) is 5.00. The smallest absolute Gasteiger partial charge is 0.198 e. The lowest BCUT2D eigenvalue weighted by Gasteiger charge is -1.96. The summed E-state index contributed by atoms with van der Waals surface area (Å²) in [6.45, 7) is 2.45. The number of thiophene rings is 1. The monoisotopic (exact) mass is 238 g/mol. The molecule has 1 aromatic heterocycles. The lowest BCUT2D eigenvalue weighted by Crippen LogP contribution is -2.06. The highest BCUT2D eigenvalue weighted by atomic mass is 32.1. The summed E-state index contributed by atoms with van der Waals surface area (Å²) < 4.78 is 18.8. The Morgan fingerprint density at radius 3 is 3.00 bits per heavy atom. The molecular formula is C12H11FO2S. The van der Waals surface area contributed by atoms with E-state index in [2.05, 4.69) is 0 Å². The van der Waals surface area contributed by atoms with Crippen molar-refractivity contribution in [1.82, 2.24) is 0 Å². The molecular weight excluding hydrogens is 227 g/mol. The van der Waals surface area contributed by atoms with E-state index in [9.17, 15) is 9.18 Å². The molecule has 1 aromatic carbocycles. The zero-order chi connectivity index (χ0) is 11.5. The average molecular weight is 238 g/mol. The van der Waals surface area contributed by atoms with Crippen LogP contribution in [0.4, 0.5) is 4.39 Å². The number of carbonyl (C=O) groups excluding carboxylic acids is 1. The number of rotatable bonds is 4. The molecule has 0 atom stereocenters. The molecule has 2 aromatic rings. The van der Waals surface area contributed by atoms with Crippen molar-refractivity contribution in [3.05, 3.63) is 35.0 Å². The van der Waals surface area contributed by atoms with E-state index in [0.717, 1.165) is 10.1 Å². The minimum Gasteiger partial charge on any atom is -0.374 e. The van der Waals surface area contributed by atoms with Gasteiger partial charge in [0.2, 0.25) is 0 Å². The van der Waals surface area contributed by atoms with E-state index in [1.54, 1.807) is 12.1 Å². The van der Waals surface area contributed by atoms with Crippen LogP contribution in [-0.2, 0) is 4.74 Å². The number of carbonyl (C=O) groups is 1. The van der Waals surface area contributed by atoms with Crippen LogP contribution in [0.5, 0.6) is 0 Å². The van der Waals surface area contributed by atoms with Crippen LogP contribution < -0.4 is 0 Å². The second kappa shape index (κ2) is 4.72. The number of benzene rings is 1. The summed E-state index contributed by atoms with van der Waals surface area (Å²) in [5.74, 6) is -0.332. The van der Waals surface area contributed by atoms with Crippen LogP contribution in [0.2, 0.25) is 0 Å². The molecule has 0 saturated heterocycles. The molecule has 0 unspecified atom stereocenters. The molecule has 0 fully saturated rings. The number of Topliss-reactive ketones (excluding diaryl/α,β-unsaturated/α-hetero) is 1. The Kier molecular flexibility index (Phi) is 3.31. The molecule has 0 amide bonds. The van der Waals surface area contributed by atoms with Crippen molar-refractivity contribution in [3.8, 4) is 0 Å². The van der Waals surface area contributed by atoms with E-state index in [1.807, 2.05) is 6.92 Å². The zero-order valence-corrected chi connectivity index (χ0v) is 9.64. The van der Waals surface area contributed by atoms with Gasteiger partial charge in [-0.05, 0) is 30.5 Å². The van der Waals surface area contributed by atoms with Crippen LogP contribution in [0.3, 0.4) is 0 Å². The van der Waals surface area contributed by atoms with E-state index >= 15 is 0 Å². The van der Waals surface area contributed by atoms with Gasteiger partial charge in [0, 0.05) is 11.3 Å². The highest BCUT2D eigenvalue weighted by Crippen LogP contribution is 2.26. The maximum absolute atomic E-state index is 12.9. The SMILES string of the molecule is CCOCC(=O)c1cc2ccc(F)cc2s1. The Labute approximate surface area is 96.7 Å². The maximum Gasteiger partial charge on any atom is 0.198 e. The summed E-state index contributed by atoms with van der Waals surface area (Å²) in [6, 6.07) is 6.29. The van der Waals surface area contributed by atoms with E-state index < -0.39 is 0 Å². The Morgan fingerprint density at radius 1 is 1.44 bits per heavy atom. The summed E-state index contributed by atoms with van der Waals surface area (Å²) >= 11 is 1.30. The molecule has 0 aliphatic carbocycles. The van der Waals surface area contributed by atoms with Gasteiger partial charge in [-0.3, -0.25) is 4.79 Å². The second-order valence-electron chi connectivity index (χ2n) is 3.35. The lowest BCUT2D eigenvalue weighted by atomic mass is 10.2. The van der Waals surface area contributed by atoms with Crippen molar-refractivity contribution in [2.45, 2.75) is 6.92 Å². The molecule has 0 N–H and O–H groups in total. The highest BCUT2D eigenvalue weighted by molar-refractivity contribution is 7.20. The third kappa shape index (κ3) is 2.28. The number of fused-ring (bicyclic) bond motifs is 1. The van der Waals surface area contributed by atoms with Gasteiger partial charge < -0.3 is 4.74 Å². The van der Waals surface area contributed by atoms with Gasteiger partial charge in [-0.1, -0.05) is 6.07 Å². The standard InChI is InChI=1S/C12H11FO2S/c1-2-15-7-10(14)12-5-8-3-4-9(13)6-11(8)16-12/h3-6H,2,7H2,1H3. The lowest BCUT2D eigenvalue weighted by molar-refractivity contribution is 0.0787. The third-order valence-electron chi connectivity index (χ3n) is 2.19. The van der Waals surface area contributed by atoms with Gasteiger partial charge in [-0.2, -0.15) is 0 Å². The first-order valence-corrected chi connectivity index (χ1v) is 5.82. The van der Waals surface area contributed by atoms with Gasteiger partial charge in [0.25, 0.3) is 0 Å². The number of hydrogen-bond donors (Lipinski definition) is 0. The van der Waals surface area contributed by atoms with Crippen LogP contribution in [0.15, 0.2) is 24.3 Å². The van der Waals surface area contributed by atoms with Gasteiger partial charge in [0.15, 0.2) is 5.78 Å². The molecule has 2 nitrogen and oxygen atoms in total. The fourth-order valence-corrected chi connectivity index (χ4v) is 2.42. The predicted molar refractivity (Wildman–Crippen MR) is 62.6 cm³/mol. The molecule has 4 heteroatoms. The van der Waals surface area contributed by atoms with E-state index in [1.165, 1.54) is 23.5 Å². The van der Waals surface area contributed by atoms with Crippen LogP contribution >= 0.6 is 11.3 Å². The van der Waals surface area contributed by atoms with E-state index in [0.29, 0.717) is 11.5 Å². The summed E-state index contributed by atoms with van der Waals surface area (Å²) in [5.41, 5.74) is 0. The Balaban J connectivity index is 2.28. The first-order chi connectivity index (χ1) is 7.70. The normalized spacial score (nSPS) is 10.9. The van der Waals surface area contributed by atoms with Crippen molar-refractivity contribution in [2.75, 3.05) is 13.2 Å². The third-order valence-corrected chi connectivity index (χ3v) is 3.33. The number of ether oxygens (including phenoxy) is 1. The average Bonchev–Trinajstić information content (AvgIpc) is 2.68. The Bertz CT molecular complexity index is 519. The quantitative estimate of drug-likeness (QED) is 0.764. The van der Waals surface area contributed by atoms with Gasteiger partial charge >= 0.3 is 0 Å². The molecule has 0 saturated carbocycles. The molecule has 0 aliphatic rings. The molecule has 1 heterocycles. The fraction of sp³-hybridized carbons (Fsp3) is 0.250. The molecule has 0 spiro atoms. The van der Waals surface area contributed by atoms with Gasteiger partial charge in [-0.25, -0.2) is 4.39 Å². The summed E-state index contributed by atoms with van der Waals surface area (Å²) in [7, 11) is 0. The van der Waals surface area contributed by atoms with Crippen LogP contribution in [-0.4, -0.2) is 19.0 Å². The summed E-state index contributed by atoms with van der Waals surface area (Å²) in [5, 5.41) is 0.895. The predicted octanol–water partition coefficient (Wildman–Crippen LogP) is 3.26. The largest absolute Gasteiger partial charge is 0.374 e. The van der Waals surface area contributed by atoms with Gasteiger partial charge in [-0.15, -0.1) is 11.3 Å². The molecule has 0 bridgehead atoms. The number of hydrogen-bond acceptors (Lipinski definition) is 3. The van der Waals surface area contributed by atoms with Crippen molar-refractivity contribution in [1.29, 1.82) is 0 Å². The van der Waals surface area contributed by atoms with Gasteiger partial charge in [0.1, 0.15) is 12.4 Å². The fourth-order valence-electron chi connectivity index (χ4n) is 1.41.